The summed E-state index contributed by atoms with van der Waals surface area (Å²) in [6, 6.07) is 6.03. The van der Waals surface area contributed by atoms with Crippen LogP contribution in [0.5, 0.6) is 0 Å². The van der Waals surface area contributed by atoms with E-state index in [4.69, 9.17) is 0 Å². The van der Waals surface area contributed by atoms with Crippen molar-refractivity contribution < 1.29 is 18.0 Å². The Labute approximate surface area is 205 Å². The van der Waals surface area contributed by atoms with Gasteiger partial charge in [0.05, 0.1) is 10.5 Å². The summed E-state index contributed by atoms with van der Waals surface area (Å²) >= 11 is 1.44. The molecule has 8 nitrogen and oxygen atoms in total. The van der Waals surface area contributed by atoms with Gasteiger partial charge in [-0.1, -0.05) is 13.8 Å². The summed E-state index contributed by atoms with van der Waals surface area (Å²) in [5.74, 6) is -0.245. The van der Waals surface area contributed by atoms with E-state index in [-0.39, 0.29) is 16.7 Å². The molecule has 1 atom stereocenters. The quantitative estimate of drug-likeness (QED) is 0.630. The molecule has 2 N–H and O–H groups in total. The second kappa shape index (κ2) is 10.2. The molecule has 4 rings (SSSR count). The number of hydrogen-bond acceptors (Lipinski definition) is 6. The summed E-state index contributed by atoms with van der Waals surface area (Å²) in [5, 5.41) is 6.12. The normalized spacial score (nSPS) is 19.4. The van der Waals surface area contributed by atoms with E-state index in [2.05, 4.69) is 29.4 Å². The first-order valence-electron chi connectivity index (χ1n) is 11.7. The number of carbonyl (C=O) groups is 2. The van der Waals surface area contributed by atoms with Gasteiger partial charge in [0.1, 0.15) is 5.00 Å². The maximum absolute atomic E-state index is 13.0. The zero-order valence-corrected chi connectivity index (χ0v) is 21.5. The number of anilines is 1. The van der Waals surface area contributed by atoms with Gasteiger partial charge in [-0.3, -0.25) is 14.5 Å². The molecule has 0 bridgehead atoms. The molecule has 3 heterocycles. The molecule has 1 unspecified atom stereocenters. The summed E-state index contributed by atoms with van der Waals surface area (Å²) in [6.45, 7) is 7.78. The topological polar surface area (TPSA) is 98.8 Å². The average Bonchev–Trinajstić information content (AvgIpc) is 3.20. The molecule has 0 saturated carbocycles. The molecule has 2 amide bonds. The van der Waals surface area contributed by atoms with Crippen molar-refractivity contribution in [3.8, 4) is 0 Å². The molecule has 0 radical (unpaired) electrons. The van der Waals surface area contributed by atoms with Gasteiger partial charge in [-0.25, -0.2) is 8.42 Å². The first kappa shape index (κ1) is 24.8. The molecular formula is C24H32N4O4S2. The minimum Gasteiger partial charge on any atom is -0.355 e. The van der Waals surface area contributed by atoms with Crippen LogP contribution in [0, 0.1) is 5.92 Å². The number of piperidine rings is 1. The second-order valence-corrected chi connectivity index (χ2v) is 12.0. The molecule has 1 aromatic heterocycles. The number of benzene rings is 1. The molecule has 2 aliphatic rings. The van der Waals surface area contributed by atoms with Crippen molar-refractivity contribution in [3.63, 3.8) is 0 Å². The molecule has 184 valence electrons. The van der Waals surface area contributed by atoms with E-state index < -0.39 is 10.0 Å². The Morgan fingerprint density at radius 2 is 1.88 bits per heavy atom. The van der Waals surface area contributed by atoms with E-state index in [1.807, 2.05) is 0 Å². The van der Waals surface area contributed by atoms with E-state index in [9.17, 15) is 18.0 Å². The lowest BCUT2D eigenvalue weighted by Gasteiger charge is -2.30. The molecule has 2 aliphatic heterocycles. The van der Waals surface area contributed by atoms with Gasteiger partial charge in [0.2, 0.25) is 10.0 Å². The van der Waals surface area contributed by atoms with Gasteiger partial charge in [0, 0.05) is 43.7 Å². The Morgan fingerprint density at radius 1 is 1.15 bits per heavy atom. The van der Waals surface area contributed by atoms with Gasteiger partial charge < -0.3 is 10.6 Å². The van der Waals surface area contributed by atoms with Gasteiger partial charge in [-0.2, -0.15) is 4.31 Å². The molecule has 0 aliphatic carbocycles. The highest BCUT2D eigenvalue weighted by atomic mass is 32.2. The predicted octanol–water partition coefficient (Wildman–Crippen LogP) is 3.16. The molecule has 2 aromatic rings. The number of amides is 2. The second-order valence-electron chi connectivity index (χ2n) is 8.99. The number of sulfonamides is 1. The molecule has 1 saturated heterocycles. The lowest BCUT2D eigenvalue weighted by molar-refractivity contribution is 0.0962. The number of nitrogens with zero attached hydrogens (tertiary/aromatic N) is 2. The van der Waals surface area contributed by atoms with Crippen molar-refractivity contribution in [3.05, 3.63) is 45.8 Å². The Morgan fingerprint density at radius 3 is 2.53 bits per heavy atom. The molecule has 10 heteroatoms. The first-order chi connectivity index (χ1) is 16.2. The highest BCUT2D eigenvalue weighted by Gasteiger charge is 2.30. The standard InChI is InChI=1S/C24H32N4O4S2/c1-4-27-13-11-19-20(15-27)33-24(21(19)23(30)25-3)26-22(29)17-7-9-18(10-8-17)34(31,32)28-12-5-6-16(2)14-28/h7-10,16H,4-6,11-15H2,1-3H3,(H,25,30)(H,26,29). The van der Waals surface area contributed by atoms with Crippen LogP contribution in [-0.4, -0.2) is 62.7 Å². The summed E-state index contributed by atoms with van der Waals surface area (Å²) < 4.78 is 27.5. The number of rotatable bonds is 6. The Kier molecular flexibility index (Phi) is 7.42. The fraction of sp³-hybridized carbons (Fsp3) is 0.500. The van der Waals surface area contributed by atoms with Gasteiger partial charge in [0.15, 0.2) is 0 Å². The Hall–Kier alpha value is -2.27. The van der Waals surface area contributed by atoms with Crippen LogP contribution < -0.4 is 10.6 Å². The van der Waals surface area contributed by atoms with Crippen LogP contribution >= 0.6 is 11.3 Å². The molecule has 1 aromatic carbocycles. The summed E-state index contributed by atoms with van der Waals surface area (Å²) in [7, 11) is -2.00. The van der Waals surface area contributed by atoms with Crippen molar-refractivity contribution in [1.82, 2.24) is 14.5 Å². The average molecular weight is 505 g/mol. The molecule has 34 heavy (non-hydrogen) atoms. The van der Waals surface area contributed by atoms with Crippen LogP contribution in [-0.2, 0) is 23.0 Å². The maximum atomic E-state index is 13.0. The summed E-state index contributed by atoms with van der Waals surface area (Å²) in [5.41, 5.74) is 1.88. The largest absolute Gasteiger partial charge is 0.355 e. The van der Waals surface area contributed by atoms with E-state index in [1.54, 1.807) is 7.05 Å². The minimum atomic E-state index is -3.58. The monoisotopic (exact) mass is 504 g/mol. The third-order valence-electron chi connectivity index (χ3n) is 6.64. The fourth-order valence-electron chi connectivity index (χ4n) is 4.65. The fourth-order valence-corrected chi connectivity index (χ4v) is 7.53. The van der Waals surface area contributed by atoms with Crippen molar-refractivity contribution in [2.24, 2.45) is 5.92 Å². The lowest BCUT2D eigenvalue weighted by atomic mass is 10.0. The third-order valence-corrected chi connectivity index (χ3v) is 9.65. The minimum absolute atomic E-state index is 0.190. The number of carbonyl (C=O) groups excluding carboxylic acids is 2. The zero-order valence-electron chi connectivity index (χ0n) is 19.9. The first-order valence-corrected chi connectivity index (χ1v) is 14.0. The lowest BCUT2D eigenvalue weighted by Crippen LogP contribution is -2.39. The van der Waals surface area contributed by atoms with E-state index in [0.29, 0.717) is 35.1 Å². The van der Waals surface area contributed by atoms with Crippen LogP contribution in [0.25, 0.3) is 0 Å². The van der Waals surface area contributed by atoms with Crippen LogP contribution in [0.3, 0.4) is 0 Å². The maximum Gasteiger partial charge on any atom is 0.256 e. The van der Waals surface area contributed by atoms with E-state index in [1.165, 1.54) is 39.9 Å². The van der Waals surface area contributed by atoms with E-state index >= 15 is 0 Å². The van der Waals surface area contributed by atoms with E-state index in [0.717, 1.165) is 49.3 Å². The summed E-state index contributed by atoms with van der Waals surface area (Å²) in [4.78, 5) is 29.2. The van der Waals surface area contributed by atoms with Crippen molar-refractivity contribution >= 4 is 38.2 Å². The Balaban J connectivity index is 1.54. The Bertz CT molecular complexity index is 1170. The van der Waals surface area contributed by atoms with Crippen LogP contribution in [0.1, 0.15) is 57.8 Å². The number of fused-ring (bicyclic) bond motifs is 1. The van der Waals surface area contributed by atoms with Gasteiger partial charge in [-0.05, 0) is 61.6 Å². The number of nitrogens with one attached hydrogen (secondary N) is 2. The van der Waals surface area contributed by atoms with Crippen LogP contribution in [0.2, 0.25) is 0 Å². The molecule has 1 fully saturated rings. The van der Waals surface area contributed by atoms with Gasteiger partial charge in [-0.15, -0.1) is 11.3 Å². The van der Waals surface area contributed by atoms with Gasteiger partial charge >= 0.3 is 0 Å². The highest BCUT2D eigenvalue weighted by molar-refractivity contribution is 7.89. The molecular weight excluding hydrogens is 472 g/mol. The SMILES string of the molecule is CCN1CCc2c(sc(NC(=O)c3ccc(S(=O)(=O)N4CCCC(C)C4)cc3)c2C(=O)NC)C1. The number of hydrogen-bond donors (Lipinski definition) is 2. The van der Waals surface area contributed by atoms with Crippen molar-refractivity contribution in [2.45, 2.75) is 44.6 Å². The number of likely N-dealkylation sites (N-methyl/N-ethyl adjacent to an activating group) is 1. The van der Waals surface area contributed by atoms with Gasteiger partial charge in [0.25, 0.3) is 11.8 Å². The van der Waals surface area contributed by atoms with Crippen LogP contribution in [0.4, 0.5) is 5.00 Å². The van der Waals surface area contributed by atoms with Crippen molar-refractivity contribution in [1.29, 1.82) is 0 Å². The zero-order chi connectivity index (χ0) is 24.5. The number of thiophene rings is 1. The predicted molar refractivity (Wildman–Crippen MR) is 134 cm³/mol. The van der Waals surface area contributed by atoms with Crippen molar-refractivity contribution in [2.75, 3.05) is 38.5 Å². The van der Waals surface area contributed by atoms with Crippen LogP contribution in [0.15, 0.2) is 29.2 Å². The summed E-state index contributed by atoms with van der Waals surface area (Å²) in [6.07, 6.45) is 2.65. The molecule has 0 spiro atoms. The third kappa shape index (κ3) is 4.91. The smallest absolute Gasteiger partial charge is 0.256 e. The highest BCUT2D eigenvalue weighted by Crippen LogP contribution is 2.37.